The summed E-state index contributed by atoms with van der Waals surface area (Å²) in [5.41, 5.74) is -1.63. The number of carbonyl (C=O) groups is 2. The number of carbonyl (C=O) groups excluding carboxylic acids is 2. The lowest BCUT2D eigenvalue weighted by molar-refractivity contribution is -0.230. The standard InChI is InChI=1S/C19H22N2O7/c1-5-11-19(2)27-16(24)13(17(25)28-19)10-8-6-7-9-12-14(22)20(3)18(26)21(4)15(12)23/h6-10,22H,5,11H2,1-4H3. The summed E-state index contributed by atoms with van der Waals surface area (Å²) >= 11 is 0. The van der Waals surface area contributed by atoms with Crippen LogP contribution in [-0.2, 0) is 33.2 Å². The van der Waals surface area contributed by atoms with E-state index in [-0.39, 0.29) is 11.1 Å². The predicted molar refractivity (Wildman–Crippen MR) is 100 cm³/mol. The number of allylic oxidation sites excluding steroid dienone is 4. The van der Waals surface area contributed by atoms with Gasteiger partial charge in [-0.15, -0.1) is 0 Å². The number of esters is 2. The van der Waals surface area contributed by atoms with Crippen molar-refractivity contribution in [2.45, 2.75) is 32.5 Å². The molecule has 1 aromatic rings. The Morgan fingerprint density at radius 3 is 2.18 bits per heavy atom. The molecule has 1 aliphatic heterocycles. The van der Waals surface area contributed by atoms with E-state index in [1.54, 1.807) is 0 Å². The van der Waals surface area contributed by atoms with E-state index in [1.165, 1.54) is 51.4 Å². The van der Waals surface area contributed by atoms with Gasteiger partial charge in [-0.25, -0.2) is 14.4 Å². The fraction of sp³-hybridized carbons (Fsp3) is 0.368. The fourth-order valence-electron chi connectivity index (χ4n) is 2.67. The van der Waals surface area contributed by atoms with Crippen molar-refractivity contribution < 1.29 is 24.2 Å². The van der Waals surface area contributed by atoms with Crippen LogP contribution < -0.4 is 11.2 Å². The Balaban J connectivity index is 2.19. The van der Waals surface area contributed by atoms with Crippen LogP contribution >= 0.6 is 0 Å². The van der Waals surface area contributed by atoms with Crippen LogP contribution in [0.1, 0.15) is 32.3 Å². The molecule has 1 N–H and O–H groups in total. The first-order valence-electron chi connectivity index (χ1n) is 8.62. The van der Waals surface area contributed by atoms with Gasteiger partial charge in [0.15, 0.2) is 0 Å². The summed E-state index contributed by atoms with van der Waals surface area (Å²) in [6, 6.07) is 0. The minimum atomic E-state index is -1.26. The van der Waals surface area contributed by atoms with E-state index in [0.29, 0.717) is 12.8 Å². The lowest BCUT2D eigenvalue weighted by atomic mass is 10.1. The van der Waals surface area contributed by atoms with Crippen molar-refractivity contribution in [3.63, 3.8) is 0 Å². The van der Waals surface area contributed by atoms with Gasteiger partial charge < -0.3 is 14.6 Å². The number of cyclic esters (lactones) is 2. The molecule has 2 heterocycles. The zero-order chi connectivity index (χ0) is 21.1. The average molecular weight is 390 g/mol. The third-order valence-electron chi connectivity index (χ3n) is 4.18. The summed E-state index contributed by atoms with van der Waals surface area (Å²) in [5.74, 6) is -3.27. The maximum atomic E-state index is 12.1. The molecule has 0 radical (unpaired) electrons. The van der Waals surface area contributed by atoms with Gasteiger partial charge in [0.1, 0.15) is 11.1 Å². The molecule has 28 heavy (non-hydrogen) atoms. The molecule has 0 spiro atoms. The van der Waals surface area contributed by atoms with Gasteiger partial charge in [-0.2, -0.15) is 0 Å². The molecule has 150 valence electrons. The molecular formula is C19H22N2O7. The number of nitrogens with zero attached hydrogens (tertiary/aromatic N) is 2. The summed E-state index contributed by atoms with van der Waals surface area (Å²) in [7, 11) is 2.63. The highest BCUT2D eigenvalue weighted by Crippen LogP contribution is 2.27. The topological polar surface area (TPSA) is 117 Å². The molecule has 0 amide bonds. The van der Waals surface area contributed by atoms with E-state index < -0.39 is 34.9 Å². The number of aromatic nitrogens is 2. The molecule has 0 aromatic carbocycles. The molecule has 0 saturated carbocycles. The quantitative estimate of drug-likeness (QED) is 0.344. The third kappa shape index (κ3) is 4.13. The van der Waals surface area contributed by atoms with Crippen molar-refractivity contribution in [1.29, 1.82) is 0 Å². The SMILES string of the molecule is CCCC1(C)OC(=O)C(=CC=CC=Cc2c(O)n(C)c(=O)n(C)c2=O)C(=O)O1. The number of rotatable bonds is 5. The van der Waals surface area contributed by atoms with Crippen LogP contribution in [-0.4, -0.2) is 32.0 Å². The van der Waals surface area contributed by atoms with E-state index in [4.69, 9.17) is 9.47 Å². The molecule has 9 nitrogen and oxygen atoms in total. The molecule has 2 rings (SSSR count). The minimum absolute atomic E-state index is 0.0753. The molecule has 1 saturated heterocycles. The van der Waals surface area contributed by atoms with Gasteiger partial charge in [0, 0.05) is 27.4 Å². The highest BCUT2D eigenvalue weighted by Gasteiger charge is 2.41. The van der Waals surface area contributed by atoms with Crippen molar-refractivity contribution in [2.24, 2.45) is 14.1 Å². The monoisotopic (exact) mass is 390 g/mol. The highest BCUT2D eigenvalue weighted by atomic mass is 16.7. The molecule has 1 fully saturated rings. The van der Waals surface area contributed by atoms with Crippen LogP contribution in [0.2, 0.25) is 0 Å². The highest BCUT2D eigenvalue weighted by molar-refractivity contribution is 6.15. The van der Waals surface area contributed by atoms with Crippen molar-refractivity contribution in [2.75, 3.05) is 0 Å². The third-order valence-corrected chi connectivity index (χ3v) is 4.18. The second-order valence-corrected chi connectivity index (χ2v) is 6.43. The molecule has 9 heteroatoms. The zero-order valence-corrected chi connectivity index (χ0v) is 16.1. The Kier molecular flexibility index (Phi) is 6.07. The van der Waals surface area contributed by atoms with Gasteiger partial charge in [-0.05, 0) is 18.6 Å². The first-order valence-corrected chi connectivity index (χ1v) is 8.62. The first kappa shape index (κ1) is 20.9. The van der Waals surface area contributed by atoms with Crippen molar-refractivity contribution in [3.8, 4) is 5.88 Å². The average Bonchev–Trinajstić information content (AvgIpc) is 2.62. The Bertz CT molecular complexity index is 988. The Labute approximate surface area is 160 Å². The maximum Gasteiger partial charge on any atom is 0.348 e. The largest absolute Gasteiger partial charge is 0.494 e. The van der Waals surface area contributed by atoms with Crippen LogP contribution in [0.25, 0.3) is 6.08 Å². The van der Waals surface area contributed by atoms with Gasteiger partial charge in [0.25, 0.3) is 11.3 Å². The zero-order valence-electron chi connectivity index (χ0n) is 16.1. The van der Waals surface area contributed by atoms with E-state index in [2.05, 4.69) is 0 Å². The van der Waals surface area contributed by atoms with E-state index >= 15 is 0 Å². The van der Waals surface area contributed by atoms with E-state index in [0.717, 1.165) is 9.13 Å². The van der Waals surface area contributed by atoms with Gasteiger partial charge in [-0.3, -0.25) is 13.9 Å². The molecule has 1 aromatic heterocycles. The van der Waals surface area contributed by atoms with Crippen LogP contribution in [0.4, 0.5) is 0 Å². The van der Waals surface area contributed by atoms with Crippen molar-refractivity contribution in [1.82, 2.24) is 9.13 Å². The second kappa shape index (κ2) is 8.12. The van der Waals surface area contributed by atoms with Gasteiger partial charge >= 0.3 is 17.6 Å². The maximum absolute atomic E-state index is 12.1. The van der Waals surface area contributed by atoms with Crippen LogP contribution in [0.5, 0.6) is 5.88 Å². The lowest BCUT2D eigenvalue weighted by Crippen LogP contribution is -2.44. The number of ether oxygens (including phenoxy) is 2. The second-order valence-electron chi connectivity index (χ2n) is 6.43. The lowest BCUT2D eigenvalue weighted by Gasteiger charge is -2.32. The number of aromatic hydroxyl groups is 1. The Morgan fingerprint density at radius 2 is 1.61 bits per heavy atom. The van der Waals surface area contributed by atoms with Crippen molar-refractivity contribution in [3.05, 3.63) is 56.3 Å². The summed E-state index contributed by atoms with van der Waals surface area (Å²) in [6.07, 6.45) is 7.87. The van der Waals surface area contributed by atoms with Crippen molar-refractivity contribution >= 4 is 18.0 Å². The summed E-state index contributed by atoms with van der Waals surface area (Å²) < 4.78 is 12.2. The van der Waals surface area contributed by atoms with Gasteiger partial charge in [-0.1, -0.05) is 25.2 Å². The smallest absolute Gasteiger partial charge is 0.348 e. The molecular weight excluding hydrogens is 368 g/mol. The summed E-state index contributed by atoms with van der Waals surface area (Å²) in [6.45, 7) is 3.41. The Morgan fingerprint density at radius 1 is 1.00 bits per heavy atom. The first-order chi connectivity index (χ1) is 13.1. The number of hydrogen-bond donors (Lipinski definition) is 1. The molecule has 1 aliphatic rings. The van der Waals surface area contributed by atoms with Gasteiger partial charge in [0.2, 0.25) is 5.88 Å². The molecule has 0 atom stereocenters. The Hall–Kier alpha value is -3.36. The van der Waals surface area contributed by atoms with Gasteiger partial charge in [0.05, 0.1) is 0 Å². The van der Waals surface area contributed by atoms with E-state index in [1.807, 2.05) is 6.92 Å². The van der Waals surface area contributed by atoms with E-state index in [9.17, 15) is 24.3 Å². The fourth-order valence-corrected chi connectivity index (χ4v) is 2.67. The summed E-state index contributed by atoms with van der Waals surface area (Å²) in [4.78, 5) is 47.8. The molecule has 0 unspecified atom stereocenters. The van der Waals surface area contributed by atoms with Crippen LogP contribution in [0, 0.1) is 0 Å². The van der Waals surface area contributed by atoms with Crippen LogP contribution in [0.15, 0.2) is 39.5 Å². The summed E-state index contributed by atoms with van der Waals surface area (Å²) in [5, 5.41) is 9.95. The van der Waals surface area contributed by atoms with Crippen LogP contribution in [0.3, 0.4) is 0 Å². The normalized spacial score (nSPS) is 19.9. The molecule has 0 aliphatic carbocycles. The molecule has 0 bridgehead atoms. The minimum Gasteiger partial charge on any atom is -0.494 e. The predicted octanol–water partition coefficient (Wildman–Crippen LogP) is 0.902. The number of hydrogen-bond acceptors (Lipinski definition) is 7.